The molecule has 2 atom stereocenters. The van der Waals surface area contributed by atoms with Crippen LogP contribution < -0.4 is 10.6 Å². The Morgan fingerprint density at radius 3 is 2.86 bits per heavy atom. The van der Waals surface area contributed by atoms with E-state index in [1.807, 2.05) is 0 Å². The molecule has 1 aliphatic heterocycles. The maximum absolute atomic E-state index is 12.0. The Hall–Kier alpha value is -1.10. The lowest BCUT2D eigenvalue weighted by molar-refractivity contribution is -0.120. The molecule has 2 aliphatic rings. The summed E-state index contributed by atoms with van der Waals surface area (Å²) in [6, 6.07) is 6.40. The molecule has 2 unspecified atom stereocenters. The van der Waals surface area contributed by atoms with E-state index in [0.717, 1.165) is 18.5 Å². The lowest BCUT2D eigenvalue weighted by atomic mass is 10.0. The van der Waals surface area contributed by atoms with Gasteiger partial charge in [-0.3, -0.25) is 4.79 Å². The number of carbonyl (C=O) groups is 1. The summed E-state index contributed by atoms with van der Waals surface area (Å²) in [4.78, 5) is 12.0. The lowest BCUT2D eigenvalue weighted by Crippen LogP contribution is -2.35. The predicted molar refractivity (Wildman–Crippen MR) is 84.8 cm³/mol. The summed E-state index contributed by atoms with van der Waals surface area (Å²) in [6.07, 6.45) is 3.65. The molecule has 4 nitrogen and oxygen atoms in total. The number of aliphatic hydroxyl groups excluding tert-OH is 1. The van der Waals surface area contributed by atoms with Crippen LogP contribution in [0.15, 0.2) is 18.2 Å². The zero-order valence-corrected chi connectivity index (χ0v) is 12.9. The molecule has 1 aliphatic carbocycles. The third-order valence-electron chi connectivity index (χ3n) is 4.39. The normalized spacial score (nSPS) is 23.5. The Morgan fingerprint density at radius 2 is 2.10 bits per heavy atom. The van der Waals surface area contributed by atoms with E-state index in [2.05, 4.69) is 28.8 Å². The Morgan fingerprint density at radius 1 is 1.29 bits per heavy atom. The summed E-state index contributed by atoms with van der Waals surface area (Å²) in [7, 11) is 0. The van der Waals surface area contributed by atoms with Gasteiger partial charge in [0.15, 0.2) is 0 Å². The molecule has 1 fully saturated rings. The summed E-state index contributed by atoms with van der Waals surface area (Å²) in [6.45, 7) is 1.96. The van der Waals surface area contributed by atoms with Crippen LogP contribution in [0.1, 0.15) is 23.1 Å². The average Bonchev–Trinajstić information content (AvgIpc) is 3.04. The van der Waals surface area contributed by atoms with Crippen LogP contribution in [0.4, 0.5) is 0 Å². The SMILES string of the molecule is Cl.O=C(Cc1ccc2c(c1)CCC2)NCC1CNCC1O. The van der Waals surface area contributed by atoms with Crippen LogP contribution in [0.2, 0.25) is 0 Å². The number of aryl methyl sites for hydroxylation is 2. The van der Waals surface area contributed by atoms with Gasteiger partial charge in [-0.15, -0.1) is 12.4 Å². The van der Waals surface area contributed by atoms with E-state index >= 15 is 0 Å². The number of hydrogen-bond acceptors (Lipinski definition) is 3. The minimum atomic E-state index is -0.338. The standard InChI is InChI=1S/C16H22N2O2.ClH/c19-15-10-17-8-14(15)9-18-16(20)7-11-4-5-12-2-1-3-13(12)6-11;/h4-6,14-15,17,19H,1-3,7-10H2,(H,18,20);1H. The lowest BCUT2D eigenvalue weighted by Gasteiger charge is -2.14. The summed E-state index contributed by atoms with van der Waals surface area (Å²) in [5, 5.41) is 15.7. The average molecular weight is 311 g/mol. The van der Waals surface area contributed by atoms with E-state index in [1.54, 1.807) is 0 Å². The van der Waals surface area contributed by atoms with Crippen LogP contribution in [-0.2, 0) is 24.1 Å². The third-order valence-corrected chi connectivity index (χ3v) is 4.39. The molecule has 0 saturated carbocycles. The first-order valence-electron chi connectivity index (χ1n) is 7.48. The molecule has 1 heterocycles. The minimum absolute atomic E-state index is 0. The molecule has 5 heteroatoms. The highest BCUT2D eigenvalue weighted by Gasteiger charge is 2.25. The van der Waals surface area contributed by atoms with Crippen LogP contribution in [0.25, 0.3) is 0 Å². The van der Waals surface area contributed by atoms with E-state index in [-0.39, 0.29) is 30.3 Å². The number of fused-ring (bicyclic) bond motifs is 1. The quantitative estimate of drug-likeness (QED) is 0.772. The molecule has 1 saturated heterocycles. The molecule has 0 aromatic heterocycles. The van der Waals surface area contributed by atoms with Crippen molar-refractivity contribution in [1.29, 1.82) is 0 Å². The zero-order valence-electron chi connectivity index (χ0n) is 12.1. The second-order valence-electron chi connectivity index (χ2n) is 5.92. The van der Waals surface area contributed by atoms with E-state index in [4.69, 9.17) is 0 Å². The van der Waals surface area contributed by atoms with Crippen molar-refractivity contribution >= 4 is 18.3 Å². The van der Waals surface area contributed by atoms with Crippen LogP contribution in [0.3, 0.4) is 0 Å². The summed E-state index contributed by atoms with van der Waals surface area (Å²) in [5.41, 5.74) is 3.94. The topological polar surface area (TPSA) is 61.4 Å². The molecule has 3 N–H and O–H groups in total. The molecule has 1 amide bonds. The molecule has 116 valence electrons. The number of benzene rings is 1. The van der Waals surface area contributed by atoms with E-state index in [1.165, 1.54) is 24.0 Å². The van der Waals surface area contributed by atoms with E-state index < -0.39 is 0 Å². The van der Waals surface area contributed by atoms with Crippen molar-refractivity contribution in [2.24, 2.45) is 5.92 Å². The van der Waals surface area contributed by atoms with Crippen molar-refractivity contribution in [2.75, 3.05) is 19.6 Å². The van der Waals surface area contributed by atoms with Gasteiger partial charge in [0.2, 0.25) is 5.91 Å². The van der Waals surface area contributed by atoms with Crippen molar-refractivity contribution < 1.29 is 9.90 Å². The molecule has 0 spiro atoms. The van der Waals surface area contributed by atoms with Crippen LogP contribution in [-0.4, -0.2) is 36.8 Å². The smallest absolute Gasteiger partial charge is 0.224 e. The van der Waals surface area contributed by atoms with Crippen molar-refractivity contribution in [1.82, 2.24) is 10.6 Å². The van der Waals surface area contributed by atoms with Crippen molar-refractivity contribution in [2.45, 2.75) is 31.8 Å². The number of rotatable bonds is 4. The van der Waals surface area contributed by atoms with Crippen LogP contribution >= 0.6 is 12.4 Å². The van der Waals surface area contributed by atoms with Gasteiger partial charge < -0.3 is 15.7 Å². The zero-order chi connectivity index (χ0) is 13.9. The maximum Gasteiger partial charge on any atom is 0.224 e. The number of β-amino-alcohol motifs (C(OH)–C–C–N with tert-alkyl or cyclic N) is 1. The molecule has 1 aromatic rings. The van der Waals surface area contributed by atoms with Crippen LogP contribution in [0, 0.1) is 5.92 Å². The molecule has 0 bridgehead atoms. The Labute approximate surface area is 131 Å². The first kappa shape index (κ1) is 16.3. The minimum Gasteiger partial charge on any atom is -0.391 e. The summed E-state index contributed by atoms with van der Waals surface area (Å²) in [5.74, 6) is 0.181. The summed E-state index contributed by atoms with van der Waals surface area (Å²) < 4.78 is 0. The Bertz CT molecular complexity index is 507. The number of carbonyl (C=O) groups excluding carboxylic acids is 1. The summed E-state index contributed by atoms with van der Waals surface area (Å²) >= 11 is 0. The molecular formula is C16H23ClN2O2. The molecule has 0 radical (unpaired) electrons. The largest absolute Gasteiger partial charge is 0.391 e. The fourth-order valence-electron chi connectivity index (χ4n) is 3.16. The molecule has 21 heavy (non-hydrogen) atoms. The monoisotopic (exact) mass is 310 g/mol. The highest BCUT2D eigenvalue weighted by atomic mass is 35.5. The van der Waals surface area contributed by atoms with Crippen molar-refractivity contribution in [3.05, 3.63) is 34.9 Å². The number of aliphatic hydroxyl groups is 1. The first-order valence-corrected chi connectivity index (χ1v) is 7.48. The van der Waals surface area contributed by atoms with E-state index in [9.17, 15) is 9.90 Å². The van der Waals surface area contributed by atoms with Crippen LogP contribution in [0.5, 0.6) is 0 Å². The first-order chi connectivity index (χ1) is 9.72. The van der Waals surface area contributed by atoms with Gasteiger partial charge in [0.05, 0.1) is 12.5 Å². The highest BCUT2D eigenvalue weighted by Crippen LogP contribution is 2.22. The van der Waals surface area contributed by atoms with Gasteiger partial charge in [-0.25, -0.2) is 0 Å². The van der Waals surface area contributed by atoms with Crippen molar-refractivity contribution in [3.8, 4) is 0 Å². The Kier molecular flexibility index (Phi) is 5.62. The van der Waals surface area contributed by atoms with Gasteiger partial charge in [0.1, 0.15) is 0 Å². The fraction of sp³-hybridized carbons (Fsp3) is 0.562. The van der Waals surface area contributed by atoms with Gasteiger partial charge >= 0.3 is 0 Å². The van der Waals surface area contributed by atoms with E-state index in [0.29, 0.717) is 19.5 Å². The number of amides is 1. The van der Waals surface area contributed by atoms with Gasteiger partial charge in [-0.05, 0) is 36.0 Å². The number of nitrogens with one attached hydrogen (secondary N) is 2. The third kappa shape index (κ3) is 3.96. The molecule has 3 rings (SSSR count). The van der Waals surface area contributed by atoms with Gasteiger partial charge in [0.25, 0.3) is 0 Å². The predicted octanol–water partition coefficient (Wildman–Crippen LogP) is 0.836. The van der Waals surface area contributed by atoms with Gasteiger partial charge in [-0.2, -0.15) is 0 Å². The molecule has 1 aromatic carbocycles. The second kappa shape index (κ2) is 7.25. The number of halogens is 1. The van der Waals surface area contributed by atoms with Gasteiger partial charge in [-0.1, -0.05) is 18.2 Å². The number of hydrogen-bond donors (Lipinski definition) is 3. The Balaban J connectivity index is 0.00000161. The second-order valence-corrected chi connectivity index (χ2v) is 5.92. The van der Waals surface area contributed by atoms with Gasteiger partial charge in [0, 0.05) is 25.6 Å². The fourth-order valence-corrected chi connectivity index (χ4v) is 3.16. The van der Waals surface area contributed by atoms with Crippen molar-refractivity contribution in [3.63, 3.8) is 0 Å². The molecular weight excluding hydrogens is 288 g/mol. The maximum atomic E-state index is 12.0. The highest BCUT2D eigenvalue weighted by molar-refractivity contribution is 5.85.